The molecule has 0 fully saturated rings. The van der Waals surface area contributed by atoms with Gasteiger partial charge in [-0.15, -0.1) is 11.5 Å². The minimum Gasteiger partial charge on any atom is -0.872 e. The molecule has 0 saturated heterocycles. The van der Waals surface area contributed by atoms with E-state index >= 15 is 0 Å². The van der Waals surface area contributed by atoms with Gasteiger partial charge in [0.2, 0.25) is 0 Å². The van der Waals surface area contributed by atoms with E-state index in [-0.39, 0.29) is 17.1 Å². The molecule has 2 rings (SSSR count). The third-order valence-corrected chi connectivity index (χ3v) is 5.96. The fourth-order valence-corrected chi connectivity index (χ4v) is 3.78. The van der Waals surface area contributed by atoms with Crippen molar-refractivity contribution in [2.24, 2.45) is 0 Å². The Balaban J connectivity index is 0.00000612. The van der Waals surface area contributed by atoms with Crippen molar-refractivity contribution in [3.05, 3.63) is 58.2 Å². The molecule has 2 atom stereocenters. The number of hydrogen-bond acceptors (Lipinski definition) is 12. The Morgan fingerprint density at radius 3 is 1.29 bits per heavy atom. The summed E-state index contributed by atoms with van der Waals surface area (Å²) in [6, 6.07) is -0.398. The first-order chi connectivity index (χ1) is 15.6. The van der Waals surface area contributed by atoms with Gasteiger partial charge in [-0.25, -0.2) is 16.8 Å². The van der Waals surface area contributed by atoms with E-state index in [4.69, 9.17) is 0 Å². The fraction of sp³-hybridized carbons (Fsp3) is 0.222. The molecule has 2 aromatic rings. The number of hydrogen-bond donors (Lipinski definition) is 0. The van der Waals surface area contributed by atoms with Gasteiger partial charge in [0.25, 0.3) is 0 Å². The van der Waals surface area contributed by atoms with Gasteiger partial charge in [0.15, 0.2) is 0 Å². The Labute approximate surface area is 209 Å². The van der Waals surface area contributed by atoms with Gasteiger partial charge in [-0.1, -0.05) is 35.3 Å². The monoisotopic (exact) mass is 568 g/mol. The quantitative estimate of drug-likeness (QED) is 0.146. The van der Waals surface area contributed by atoms with Crippen molar-refractivity contribution < 1.29 is 73.0 Å². The number of carbonyl (C=O) groups excluding carboxylic acids is 2. The zero-order valence-corrected chi connectivity index (χ0v) is 19.7. The van der Waals surface area contributed by atoms with Gasteiger partial charge in [-0.2, -0.15) is 13.1 Å². The van der Waals surface area contributed by atoms with Crippen LogP contribution in [0.25, 0.3) is 10.6 Å². The summed E-state index contributed by atoms with van der Waals surface area (Å²) in [6.45, 7) is -1.19. The molecule has 2 unspecified atom stereocenters. The standard InChI is InChI=1S/C18H18N2O12S2.Fe/c21-13-3-1-9(33(27,28)29)7-11(13)15(17(23)24)19-5-6-20-16(18(25)26)12-8-10(34(30,31)32)2-4-14(12)22;/h1-4,7-8,15-16,21-22H,5-6H2,(H,23,24)(H,25,26)(H,27,28,29)(H,30,31,32);/q-2;+5/p-6. The molecule has 2 aromatic carbocycles. The van der Waals surface area contributed by atoms with Crippen molar-refractivity contribution in [2.75, 3.05) is 13.1 Å². The largest absolute Gasteiger partial charge is 5.00 e. The fourth-order valence-electron chi connectivity index (χ4n) is 2.76. The molecule has 189 valence electrons. The Bertz CT molecular complexity index is 1210. The first-order valence-corrected chi connectivity index (χ1v) is 11.7. The molecule has 0 saturated carbocycles. The van der Waals surface area contributed by atoms with E-state index in [1.54, 1.807) is 0 Å². The minimum absolute atomic E-state index is 0. The van der Waals surface area contributed by atoms with E-state index in [1.165, 1.54) is 0 Å². The van der Waals surface area contributed by atoms with Gasteiger partial charge < -0.3 is 49.8 Å². The summed E-state index contributed by atoms with van der Waals surface area (Å²) in [7, 11) is -10.1. The van der Waals surface area contributed by atoms with Crippen molar-refractivity contribution in [2.45, 2.75) is 21.9 Å². The summed E-state index contributed by atoms with van der Waals surface area (Å²) in [4.78, 5) is 21.1. The molecular weight excluding hydrogens is 556 g/mol. The number of aliphatic carboxylic acids is 2. The zero-order chi connectivity index (χ0) is 25.8. The van der Waals surface area contributed by atoms with Crippen LogP contribution in [0, 0.1) is 0 Å². The molecule has 35 heavy (non-hydrogen) atoms. The van der Waals surface area contributed by atoms with Crippen molar-refractivity contribution in [3.8, 4) is 11.5 Å². The van der Waals surface area contributed by atoms with Crippen LogP contribution in [-0.4, -0.2) is 51.0 Å². The predicted molar refractivity (Wildman–Crippen MR) is 99.7 cm³/mol. The molecule has 17 heteroatoms. The van der Waals surface area contributed by atoms with Crippen LogP contribution in [0.1, 0.15) is 23.2 Å². The van der Waals surface area contributed by atoms with Gasteiger partial charge in [0.05, 0.1) is 9.79 Å². The van der Waals surface area contributed by atoms with Crippen molar-refractivity contribution in [3.63, 3.8) is 0 Å². The summed E-state index contributed by atoms with van der Waals surface area (Å²) in [6.07, 6.45) is 0. The summed E-state index contributed by atoms with van der Waals surface area (Å²) in [5, 5.41) is 53.9. The second kappa shape index (κ2) is 11.8. The Kier molecular flexibility index (Phi) is 10.2. The van der Waals surface area contributed by atoms with Crippen LogP contribution in [0.15, 0.2) is 46.2 Å². The van der Waals surface area contributed by atoms with Gasteiger partial charge in [-0.3, -0.25) is 0 Å². The predicted octanol–water partition coefficient (Wildman–Crippen LogP) is -3.33. The van der Waals surface area contributed by atoms with Crippen molar-refractivity contribution >= 4 is 32.2 Å². The smallest absolute Gasteiger partial charge is 0.872 e. The maximum absolute atomic E-state index is 11.9. The first-order valence-electron chi connectivity index (χ1n) is 8.91. The van der Waals surface area contributed by atoms with Crippen LogP contribution in [0.4, 0.5) is 0 Å². The molecule has 0 aliphatic carbocycles. The zero-order valence-electron chi connectivity index (χ0n) is 17.0. The van der Waals surface area contributed by atoms with E-state index in [2.05, 4.69) is 10.6 Å². The summed E-state index contributed by atoms with van der Waals surface area (Å²) in [5.74, 6) is -5.82. The van der Waals surface area contributed by atoms with Gasteiger partial charge >= 0.3 is 17.1 Å². The van der Waals surface area contributed by atoms with Crippen molar-refractivity contribution in [1.82, 2.24) is 0 Å². The number of carbonyl (C=O) groups is 2. The van der Waals surface area contributed by atoms with Crippen LogP contribution < -0.4 is 20.4 Å². The Morgan fingerprint density at radius 1 is 0.714 bits per heavy atom. The number of carboxylic acids is 2. The molecule has 0 bridgehead atoms. The average molecular weight is 568 g/mol. The topological polar surface area (TPSA) is 269 Å². The number of carboxylic acid groups (broad SMARTS) is 2. The Morgan fingerprint density at radius 2 is 1.03 bits per heavy atom. The molecule has 1 radical (unpaired) electrons. The number of nitrogens with zero attached hydrogens (tertiary/aromatic N) is 2. The molecule has 0 aliphatic rings. The summed E-state index contributed by atoms with van der Waals surface area (Å²) < 4.78 is 66.8. The van der Waals surface area contributed by atoms with Crippen LogP contribution in [-0.2, 0) is 46.9 Å². The van der Waals surface area contributed by atoms with E-state index in [9.17, 15) is 56.0 Å². The average Bonchev–Trinajstić information content (AvgIpc) is 2.70. The molecule has 0 heterocycles. The van der Waals surface area contributed by atoms with Crippen LogP contribution in [0.3, 0.4) is 0 Å². The second-order valence-corrected chi connectivity index (χ2v) is 9.32. The molecule has 0 aromatic heterocycles. The SMILES string of the molecule is O=C([O-])C([N-]CC[N-]C(C(=O)[O-])c1cc(S(=O)(=O)[O-])ccc1[O-])c1cc(S(=O)(=O)[O-])ccc1[O-].[Fe+5]. The minimum atomic E-state index is -5.03. The van der Waals surface area contributed by atoms with E-state index in [1.807, 2.05) is 0 Å². The van der Waals surface area contributed by atoms with Crippen LogP contribution in [0.2, 0.25) is 0 Å². The maximum atomic E-state index is 11.9. The van der Waals surface area contributed by atoms with Gasteiger partial charge in [0.1, 0.15) is 20.2 Å². The van der Waals surface area contributed by atoms with E-state index in [0.717, 1.165) is 0 Å². The molecular formula is C18H12FeN2O12S2-3. The third-order valence-electron chi connectivity index (χ3n) is 4.30. The third kappa shape index (κ3) is 7.87. The molecule has 0 N–H and O–H groups in total. The first kappa shape index (κ1) is 30.3. The number of benzene rings is 2. The summed E-state index contributed by atoms with van der Waals surface area (Å²) in [5.41, 5.74) is -1.41. The van der Waals surface area contributed by atoms with Gasteiger partial charge in [0, 0.05) is 11.9 Å². The molecule has 0 amide bonds. The summed E-state index contributed by atoms with van der Waals surface area (Å²) >= 11 is 0. The molecule has 0 spiro atoms. The van der Waals surface area contributed by atoms with Crippen molar-refractivity contribution in [1.29, 1.82) is 0 Å². The van der Waals surface area contributed by atoms with Crippen LogP contribution >= 0.6 is 0 Å². The molecule has 14 nitrogen and oxygen atoms in total. The number of rotatable bonds is 11. The normalized spacial score (nSPS) is 13.4. The van der Waals surface area contributed by atoms with Crippen LogP contribution in [0.5, 0.6) is 11.5 Å². The van der Waals surface area contributed by atoms with Gasteiger partial charge in [-0.05, 0) is 24.3 Å². The molecule has 0 aliphatic heterocycles. The van der Waals surface area contributed by atoms with E-state index in [0.29, 0.717) is 36.4 Å². The maximum Gasteiger partial charge on any atom is 5.00 e. The second-order valence-electron chi connectivity index (χ2n) is 6.56. The Hall–Kier alpha value is -2.76. The van der Waals surface area contributed by atoms with E-state index < -0.39 is 89.8 Å².